The first-order valence-electron chi connectivity index (χ1n) is 6.99. The average Bonchev–Trinajstić information content (AvgIpc) is 2.70. The normalized spacial score (nSPS) is 25.0. The number of anilines is 1. The molecular weight excluding hydrogens is 227 g/mol. The van der Waals surface area contributed by atoms with Gasteiger partial charge >= 0.3 is 0 Å². The second-order valence-electron chi connectivity index (χ2n) is 5.59. The average molecular weight is 248 g/mol. The molecule has 2 aliphatic rings. The Morgan fingerprint density at radius 1 is 1.17 bits per heavy atom. The van der Waals surface area contributed by atoms with Crippen molar-refractivity contribution in [1.82, 2.24) is 4.90 Å². The SMILES string of the molecule is Cc1ccc(F)c(N2CCCN3CCCC3C2)c1. The third-order valence-electron chi connectivity index (χ3n) is 4.25. The Bertz CT molecular complexity index is 433. The summed E-state index contributed by atoms with van der Waals surface area (Å²) >= 11 is 0. The minimum atomic E-state index is -0.0768. The van der Waals surface area contributed by atoms with E-state index in [4.69, 9.17) is 0 Å². The molecule has 1 unspecified atom stereocenters. The van der Waals surface area contributed by atoms with Gasteiger partial charge in [-0.25, -0.2) is 4.39 Å². The van der Waals surface area contributed by atoms with Crippen molar-refractivity contribution in [3.05, 3.63) is 29.6 Å². The van der Waals surface area contributed by atoms with Crippen molar-refractivity contribution in [3.8, 4) is 0 Å². The van der Waals surface area contributed by atoms with Crippen LogP contribution >= 0.6 is 0 Å². The zero-order valence-electron chi connectivity index (χ0n) is 11.0. The van der Waals surface area contributed by atoms with Gasteiger partial charge in [0, 0.05) is 25.7 Å². The largest absolute Gasteiger partial charge is 0.368 e. The zero-order chi connectivity index (χ0) is 12.5. The molecule has 0 N–H and O–H groups in total. The maximum atomic E-state index is 14.0. The van der Waals surface area contributed by atoms with Crippen molar-refractivity contribution in [3.63, 3.8) is 0 Å². The zero-order valence-corrected chi connectivity index (χ0v) is 11.0. The van der Waals surface area contributed by atoms with Crippen LogP contribution in [0.15, 0.2) is 18.2 Å². The predicted octanol–water partition coefficient (Wildman–Crippen LogP) is 2.81. The van der Waals surface area contributed by atoms with E-state index in [2.05, 4.69) is 9.80 Å². The van der Waals surface area contributed by atoms with Gasteiger partial charge in [0.25, 0.3) is 0 Å². The van der Waals surface area contributed by atoms with Crippen LogP contribution in [-0.2, 0) is 0 Å². The van der Waals surface area contributed by atoms with Crippen LogP contribution in [0.1, 0.15) is 24.8 Å². The highest BCUT2D eigenvalue weighted by atomic mass is 19.1. The molecule has 2 aliphatic heterocycles. The van der Waals surface area contributed by atoms with Crippen LogP contribution in [0.5, 0.6) is 0 Å². The fourth-order valence-electron chi connectivity index (χ4n) is 3.29. The van der Waals surface area contributed by atoms with Crippen molar-refractivity contribution in [2.24, 2.45) is 0 Å². The third-order valence-corrected chi connectivity index (χ3v) is 4.25. The molecule has 0 aliphatic carbocycles. The summed E-state index contributed by atoms with van der Waals surface area (Å²) in [5.74, 6) is -0.0768. The van der Waals surface area contributed by atoms with Crippen LogP contribution in [0.4, 0.5) is 10.1 Å². The summed E-state index contributed by atoms with van der Waals surface area (Å²) in [4.78, 5) is 4.83. The molecule has 3 heteroatoms. The van der Waals surface area contributed by atoms with Crippen LogP contribution in [-0.4, -0.2) is 37.1 Å². The lowest BCUT2D eigenvalue weighted by molar-refractivity contribution is 0.273. The Morgan fingerprint density at radius 3 is 2.89 bits per heavy atom. The van der Waals surface area contributed by atoms with Crippen molar-refractivity contribution in [2.75, 3.05) is 31.1 Å². The molecule has 0 saturated carbocycles. The lowest BCUT2D eigenvalue weighted by Gasteiger charge is -2.27. The minimum absolute atomic E-state index is 0.0768. The van der Waals surface area contributed by atoms with Crippen LogP contribution in [0.3, 0.4) is 0 Å². The van der Waals surface area contributed by atoms with Crippen LogP contribution in [0.25, 0.3) is 0 Å². The van der Waals surface area contributed by atoms with E-state index in [0.717, 1.165) is 30.8 Å². The Kier molecular flexibility index (Phi) is 3.25. The second kappa shape index (κ2) is 4.88. The Hall–Kier alpha value is -1.09. The van der Waals surface area contributed by atoms with Gasteiger partial charge in [0.05, 0.1) is 5.69 Å². The predicted molar refractivity (Wildman–Crippen MR) is 72.6 cm³/mol. The Morgan fingerprint density at radius 2 is 2.00 bits per heavy atom. The van der Waals surface area contributed by atoms with E-state index in [1.54, 1.807) is 6.07 Å². The molecule has 1 atom stereocenters. The van der Waals surface area contributed by atoms with Crippen molar-refractivity contribution in [1.29, 1.82) is 0 Å². The Balaban J connectivity index is 1.84. The molecule has 0 bridgehead atoms. The number of fused-ring (bicyclic) bond motifs is 1. The minimum Gasteiger partial charge on any atom is -0.368 e. The van der Waals surface area contributed by atoms with E-state index in [1.165, 1.54) is 25.9 Å². The fourth-order valence-corrected chi connectivity index (χ4v) is 3.29. The Labute approximate surface area is 108 Å². The van der Waals surface area contributed by atoms with Gasteiger partial charge in [0.2, 0.25) is 0 Å². The highest BCUT2D eigenvalue weighted by molar-refractivity contribution is 5.50. The highest BCUT2D eigenvalue weighted by Gasteiger charge is 2.29. The summed E-state index contributed by atoms with van der Waals surface area (Å²) in [7, 11) is 0. The van der Waals surface area contributed by atoms with Crippen LogP contribution in [0, 0.1) is 12.7 Å². The van der Waals surface area contributed by atoms with Gasteiger partial charge in [-0.3, -0.25) is 4.90 Å². The van der Waals surface area contributed by atoms with E-state index >= 15 is 0 Å². The summed E-state index contributed by atoms with van der Waals surface area (Å²) in [6, 6.07) is 6.06. The smallest absolute Gasteiger partial charge is 0.146 e. The van der Waals surface area contributed by atoms with E-state index < -0.39 is 0 Å². The van der Waals surface area contributed by atoms with E-state index in [9.17, 15) is 4.39 Å². The first-order chi connectivity index (χ1) is 8.74. The summed E-state index contributed by atoms with van der Waals surface area (Å²) in [5.41, 5.74) is 1.93. The van der Waals surface area contributed by atoms with Gasteiger partial charge < -0.3 is 4.90 Å². The van der Waals surface area contributed by atoms with Gasteiger partial charge in [-0.2, -0.15) is 0 Å². The number of benzene rings is 1. The number of hydrogen-bond acceptors (Lipinski definition) is 2. The quantitative estimate of drug-likeness (QED) is 0.754. The molecule has 18 heavy (non-hydrogen) atoms. The molecule has 2 saturated heterocycles. The molecule has 0 radical (unpaired) electrons. The number of halogens is 1. The van der Waals surface area contributed by atoms with Crippen molar-refractivity contribution in [2.45, 2.75) is 32.2 Å². The molecule has 2 fully saturated rings. The molecular formula is C15H21FN2. The molecule has 3 rings (SSSR count). The fraction of sp³-hybridized carbons (Fsp3) is 0.600. The van der Waals surface area contributed by atoms with Crippen LogP contribution in [0.2, 0.25) is 0 Å². The lowest BCUT2D eigenvalue weighted by Crippen LogP contribution is -2.37. The summed E-state index contributed by atoms with van der Waals surface area (Å²) in [5, 5.41) is 0. The summed E-state index contributed by atoms with van der Waals surface area (Å²) in [6.45, 7) is 6.40. The maximum Gasteiger partial charge on any atom is 0.146 e. The van der Waals surface area contributed by atoms with Gasteiger partial charge in [-0.15, -0.1) is 0 Å². The molecule has 2 nitrogen and oxygen atoms in total. The van der Waals surface area contributed by atoms with E-state index in [-0.39, 0.29) is 5.82 Å². The van der Waals surface area contributed by atoms with Gasteiger partial charge in [-0.1, -0.05) is 6.07 Å². The number of hydrogen-bond donors (Lipinski definition) is 0. The number of rotatable bonds is 1. The number of aryl methyl sites for hydroxylation is 1. The van der Waals surface area contributed by atoms with Gasteiger partial charge in [-0.05, 0) is 50.4 Å². The van der Waals surface area contributed by atoms with Crippen LogP contribution < -0.4 is 4.90 Å². The van der Waals surface area contributed by atoms with E-state index in [0.29, 0.717) is 6.04 Å². The molecule has 0 spiro atoms. The maximum absolute atomic E-state index is 14.0. The standard InChI is InChI=1S/C15H21FN2/c1-12-5-6-14(16)15(10-12)18-9-3-8-17-7-2-4-13(17)11-18/h5-6,10,13H,2-4,7-9,11H2,1H3. The molecule has 1 aromatic rings. The molecule has 0 aromatic heterocycles. The first kappa shape index (κ1) is 12.0. The topological polar surface area (TPSA) is 6.48 Å². The molecule has 0 amide bonds. The second-order valence-corrected chi connectivity index (χ2v) is 5.59. The van der Waals surface area contributed by atoms with Crippen molar-refractivity contribution >= 4 is 5.69 Å². The summed E-state index contributed by atoms with van der Waals surface area (Å²) in [6.07, 6.45) is 3.71. The molecule has 98 valence electrons. The number of nitrogens with zero attached hydrogens (tertiary/aromatic N) is 2. The van der Waals surface area contributed by atoms with E-state index in [1.807, 2.05) is 19.1 Å². The lowest BCUT2D eigenvalue weighted by atomic mass is 10.1. The van der Waals surface area contributed by atoms with Gasteiger partial charge in [0.15, 0.2) is 0 Å². The third kappa shape index (κ3) is 2.24. The molecule has 1 aromatic carbocycles. The highest BCUT2D eigenvalue weighted by Crippen LogP contribution is 2.27. The van der Waals surface area contributed by atoms with Gasteiger partial charge in [0.1, 0.15) is 5.82 Å². The first-order valence-corrected chi connectivity index (χ1v) is 6.99. The van der Waals surface area contributed by atoms with Crippen molar-refractivity contribution < 1.29 is 4.39 Å². The molecule has 2 heterocycles. The monoisotopic (exact) mass is 248 g/mol. The summed E-state index contributed by atoms with van der Waals surface area (Å²) < 4.78 is 14.0.